The van der Waals surface area contributed by atoms with Crippen molar-refractivity contribution < 1.29 is 44.1 Å². The van der Waals surface area contributed by atoms with Crippen LogP contribution in [0.5, 0.6) is 0 Å². The quantitative estimate of drug-likeness (QED) is 0.0214. The fraction of sp³-hybridized carbons (Fsp3) is 0.588. The van der Waals surface area contributed by atoms with E-state index in [0.717, 1.165) is 0 Å². The van der Waals surface area contributed by atoms with E-state index in [4.69, 9.17) is 32.6 Å². The van der Waals surface area contributed by atoms with E-state index in [-0.39, 0.29) is 31.1 Å². The van der Waals surface area contributed by atoms with Gasteiger partial charge in [-0.1, -0.05) is 0 Å². The lowest BCUT2D eigenvalue weighted by Crippen LogP contribution is -2.58. The maximum atomic E-state index is 12.8. The van der Waals surface area contributed by atoms with Crippen molar-refractivity contribution in [1.82, 2.24) is 21.4 Å². The van der Waals surface area contributed by atoms with E-state index in [1.807, 2.05) is 5.43 Å². The number of carboxylic acid groups (broad SMARTS) is 3. The molecule has 0 heterocycles. The summed E-state index contributed by atoms with van der Waals surface area (Å²) in [5, 5.41) is 33.5. The predicted molar refractivity (Wildman–Crippen MR) is 123 cm³/mol. The first kappa shape index (κ1) is 31.4. The number of thiol groups is 1. The molecule has 198 valence electrons. The van der Waals surface area contributed by atoms with Gasteiger partial charge in [0.25, 0.3) is 0 Å². The maximum absolute atomic E-state index is 12.8. The zero-order valence-corrected chi connectivity index (χ0v) is 19.4. The number of amides is 3. The highest BCUT2D eigenvalue weighted by molar-refractivity contribution is 7.80. The second-order valence-corrected chi connectivity index (χ2v) is 7.43. The van der Waals surface area contributed by atoms with Gasteiger partial charge in [0.15, 0.2) is 5.96 Å². The number of nitrogens with two attached hydrogens (primary N) is 3. The van der Waals surface area contributed by atoms with Crippen molar-refractivity contribution in [2.24, 2.45) is 22.3 Å². The summed E-state index contributed by atoms with van der Waals surface area (Å²) < 4.78 is 0. The Labute approximate surface area is 204 Å². The highest BCUT2D eigenvalue weighted by Gasteiger charge is 2.31. The van der Waals surface area contributed by atoms with Gasteiger partial charge in [-0.3, -0.25) is 34.8 Å². The predicted octanol–water partition coefficient (Wildman–Crippen LogP) is -4.71. The zero-order valence-electron chi connectivity index (χ0n) is 18.5. The van der Waals surface area contributed by atoms with Crippen molar-refractivity contribution in [3.63, 3.8) is 0 Å². The average molecular weight is 523 g/mol. The lowest BCUT2D eigenvalue weighted by Gasteiger charge is -2.24. The Bertz CT molecular complexity index is 821. The number of hydrogen-bond donors (Lipinski definition) is 11. The second-order valence-electron chi connectivity index (χ2n) is 7.07. The molecule has 0 aromatic carbocycles. The van der Waals surface area contributed by atoms with E-state index < -0.39 is 72.6 Å². The van der Waals surface area contributed by atoms with Gasteiger partial charge in [0.1, 0.15) is 24.2 Å². The lowest BCUT2D eigenvalue weighted by atomic mass is 10.1. The number of nitrogens with one attached hydrogen (secondary N) is 4. The van der Waals surface area contributed by atoms with Crippen molar-refractivity contribution >= 4 is 54.2 Å². The van der Waals surface area contributed by atoms with Gasteiger partial charge in [0.2, 0.25) is 17.7 Å². The van der Waals surface area contributed by atoms with E-state index in [0.29, 0.717) is 0 Å². The summed E-state index contributed by atoms with van der Waals surface area (Å²) in [6, 6.07) is -5.96. The molecule has 0 aliphatic carbocycles. The summed E-state index contributed by atoms with van der Waals surface area (Å²) in [6.45, 7) is 0.0525. The molecule has 4 atom stereocenters. The summed E-state index contributed by atoms with van der Waals surface area (Å²) in [6.07, 6.45) is -1.58. The minimum Gasteiger partial charge on any atom is -0.481 e. The molecule has 0 radical (unpaired) electrons. The van der Waals surface area contributed by atoms with Crippen LogP contribution in [-0.2, 0) is 28.8 Å². The third kappa shape index (κ3) is 13.0. The molecule has 0 saturated carbocycles. The molecule has 13 N–H and O–H groups in total. The number of guanidine groups is 1. The van der Waals surface area contributed by atoms with Gasteiger partial charge < -0.3 is 42.7 Å². The van der Waals surface area contributed by atoms with Gasteiger partial charge in [-0.05, 0) is 12.8 Å². The van der Waals surface area contributed by atoms with Crippen LogP contribution in [0.25, 0.3) is 0 Å². The number of aliphatic imine (C=N–C) groups is 1. The van der Waals surface area contributed by atoms with Gasteiger partial charge in [-0.25, -0.2) is 10.2 Å². The molecule has 17 nitrogen and oxygen atoms in total. The maximum Gasteiger partial charge on any atom is 0.327 e. The summed E-state index contributed by atoms with van der Waals surface area (Å²) in [5.41, 5.74) is 12.5. The number of carbonyl (C=O) groups is 6. The highest BCUT2D eigenvalue weighted by atomic mass is 32.1. The Morgan fingerprint density at radius 1 is 0.771 bits per heavy atom. The van der Waals surface area contributed by atoms with E-state index in [1.165, 1.54) is 0 Å². The number of nitrogens with zero attached hydrogens (tertiary/aromatic N) is 1. The topological polar surface area (TPSA) is 302 Å². The SMILES string of the molecule is NNC(CC(=O)O)C(=O)N[C@@H](CCCN=C(N)N)C(=O)N[C@@H](CC(=O)O)C(=O)N[C@@H](CS)C(=O)O. The molecule has 0 aromatic rings. The number of aliphatic carboxylic acids is 3. The van der Waals surface area contributed by atoms with Crippen LogP contribution >= 0.6 is 12.6 Å². The number of rotatable bonds is 17. The van der Waals surface area contributed by atoms with Crippen molar-refractivity contribution in [2.75, 3.05) is 12.3 Å². The Kier molecular flexibility index (Phi) is 14.4. The van der Waals surface area contributed by atoms with Crippen molar-refractivity contribution in [3.05, 3.63) is 0 Å². The summed E-state index contributed by atoms with van der Waals surface area (Å²) in [7, 11) is 0. The molecule has 3 amide bonds. The molecule has 0 saturated heterocycles. The smallest absolute Gasteiger partial charge is 0.327 e. The van der Waals surface area contributed by atoms with Crippen LogP contribution in [-0.4, -0.2) is 93.4 Å². The summed E-state index contributed by atoms with van der Waals surface area (Å²) in [4.78, 5) is 74.6. The number of hydrazine groups is 1. The largest absolute Gasteiger partial charge is 0.481 e. The lowest BCUT2D eigenvalue weighted by molar-refractivity contribution is -0.143. The minimum atomic E-state index is -1.71. The fourth-order valence-corrected chi connectivity index (χ4v) is 2.81. The Balaban J connectivity index is 5.66. The molecule has 0 aliphatic rings. The Hall–Kier alpha value is -3.64. The van der Waals surface area contributed by atoms with Gasteiger partial charge in [-0.15, -0.1) is 0 Å². The van der Waals surface area contributed by atoms with E-state index in [2.05, 4.69) is 33.6 Å². The standard InChI is InChI=1S/C17H30N8O9S/c18-17(19)21-3-1-2-7(22-15(32)9(25-20)5-12(28)29)13(30)23-8(4-11(26)27)14(31)24-10(6-35)16(33)34/h7-10,25,35H,1-6,20H2,(H,22,32)(H,23,30)(H,24,31)(H,26,27)(H,28,29)(H,33,34)(H4,18,19,21)/t7-,8-,9?,10-/m0/s1. The monoisotopic (exact) mass is 522 g/mol. The van der Waals surface area contributed by atoms with E-state index in [9.17, 15) is 28.8 Å². The normalized spacial score (nSPS) is 13.9. The number of hydrogen-bond acceptors (Lipinski definition) is 10. The average Bonchev–Trinajstić information content (AvgIpc) is 2.75. The molecule has 0 bridgehead atoms. The van der Waals surface area contributed by atoms with Crippen molar-refractivity contribution in [1.29, 1.82) is 0 Å². The third-order valence-corrected chi connectivity index (χ3v) is 4.65. The fourth-order valence-electron chi connectivity index (χ4n) is 2.56. The first-order valence-corrected chi connectivity index (χ1v) is 10.6. The van der Waals surface area contributed by atoms with Crippen LogP contribution in [0.3, 0.4) is 0 Å². The van der Waals surface area contributed by atoms with Crippen LogP contribution in [0, 0.1) is 0 Å². The van der Waals surface area contributed by atoms with Crippen LogP contribution < -0.4 is 38.7 Å². The molecule has 0 aromatic heterocycles. The Morgan fingerprint density at radius 2 is 1.23 bits per heavy atom. The van der Waals surface area contributed by atoms with Crippen molar-refractivity contribution in [3.8, 4) is 0 Å². The minimum absolute atomic E-state index is 0.0525. The second kappa shape index (κ2) is 16.1. The van der Waals surface area contributed by atoms with Crippen LogP contribution in [0.1, 0.15) is 25.7 Å². The Morgan fingerprint density at radius 3 is 1.69 bits per heavy atom. The van der Waals surface area contributed by atoms with Gasteiger partial charge >= 0.3 is 17.9 Å². The van der Waals surface area contributed by atoms with Gasteiger partial charge in [0.05, 0.1) is 12.8 Å². The number of carboxylic acids is 3. The first-order chi connectivity index (χ1) is 16.3. The molecule has 0 spiro atoms. The van der Waals surface area contributed by atoms with Crippen LogP contribution in [0.2, 0.25) is 0 Å². The molecule has 0 aliphatic heterocycles. The third-order valence-electron chi connectivity index (χ3n) is 4.28. The van der Waals surface area contributed by atoms with Crippen LogP contribution in [0.4, 0.5) is 0 Å². The molecule has 18 heteroatoms. The highest BCUT2D eigenvalue weighted by Crippen LogP contribution is 2.04. The van der Waals surface area contributed by atoms with Gasteiger partial charge in [-0.2, -0.15) is 12.6 Å². The van der Waals surface area contributed by atoms with E-state index in [1.54, 1.807) is 0 Å². The first-order valence-electron chi connectivity index (χ1n) is 10.0. The summed E-state index contributed by atoms with van der Waals surface area (Å²) in [5.74, 6) is -2.68. The van der Waals surface area contributed by atoms with Crippen molar-refractivity contribution in [2.45, 2.75) is 49.9 Å². The molecule has 1 unspecified atom stereocenters. The molecule has 35 heavy (non-hydrogen) atoms. The molecule has 0 fully saturated rings. The molecular formula is C17H30N8O9S. The van der Waals surface area contributed by atoms with Gasteiger partial charge in [0, 0.05) is 12.3 Å². The molecule has 0 rings (SSSR count). The molecular weight excluding hydrogens is 492 g/mol. The summed E-state index contributed by atoms with van der Waals surface area (Å²) >= 11 is 3.79. The van der Waals surface area contributed by atoms with E-state index >= 15 is 0 Å². The van der Waals surface area contributed by atoms with Crippen LogP contribution in [0.15, 0.2) is 4.99 Å². The zero-order chi connectivity index (χ0) is 27.1. The number of carbonyl (C=O) groups excluding carboxylic acids is 3.